The van der Waals surface area contributed by atoms with E-state index in [9.17, 15) is 29.8 Å². The van der Waals surface area contributed by atoms with E-state index >= 15 is 0 Å². The molecule has 3 N–H and O–H groups in total. The molecule has 54 heavy (non-hydrogen) atoms. The van der Waals surface area contributed by atoms with Crippen molar-refractivity contribution >= 4 is 63.3 Å². The normalized spacial score (nSPS) is 13.2. The van der Waals surface area contributed by atoms with Crippen molar-refractivity contribution in [2.75, 3.05) is 17.2 Å². The van der Waals surface area contributed by atoms with Crippen LogP contribution in [0.25, 0.3) is 6.08 Å². The summed E-state index contributed by atoms with van der Waals surface area (Å²) in [6.07, 6.45) is 2.69. The molecule has 0 aliphatic carbocycles. The maximum absolute atomic E-state index is 13.6. The molecule has 1 aliphatic heterocycles. The minimum atomic E-state index is -0.613. The zero-order chi connectivity index (χ0) is 38.0. The lowest BCUT2D eigenvalue weighted by atomic mass is 10.0. The van der Waals surface area contributed by atoms with Crippen LogP contribution >= 0.6 is 23.1 Å². The summed E-state index contributed by atoms with van der Waals surface area (Å²) >= 11 is 2.80. The van der Waals surface area contributed by atoms with Gasteiger partial charge in [0.15, 0.2) is 0 Å². The summed E-state index contributed by atoms with van der Waals surface area (Å²) in [4.78, 5) is 55.1. The molecule has 6 rings (SSSR count). The number of nitriles is 1. The van der Waals surface area contributed by atoms with Gasteiger partial charge in [0.25, 0.3) is 17.5 Å². The molecule has 0 saturated carbocycles. The van der Waals surface area contributed by atoms with Crippen LogP contribution in [0.4, 0.5) is 16.4 Å². The zero-order valence-electron chi connectivity index (χ0n) is 29.3. The average Bonchev–Trinajstić information content (AvgIpc) is 3.53. The Hall–Kier alpha value is -6.07. The summed E-state index contributed by atoms with van der Waals surface area (Å²) in [5, 5.41) is 29.8. The number of thioether (sulfide) groups is 1. The number of nitro groups is 1. The van der Waals surface area contributed by atoms with Crippen LogP contribution in [0.3, 0.4) is 0 Å². The Bertz CT molecular complexity index is 2230. The molecule has 0 fully saturated rings. The van der Waals surface area contributed by atoms with Crippen molar-refractivity contribution in [3.63, 3.8) is 0 Å². The van der Waals surface area contributed by atoms with Gasteiger partial charge in [0, 0.05) is 52.8 Å². The standard InChI is InChI=1S/C41H36N6O5S2/c1-2-36(40(50)45-41-34(24-42)33-20-21-46(26-37(33)54-41)25-28-10-5-3-6-11-28)53-32-15-9-14-30(23-32)43-39(49)35(44-38(48)29-12-7-4-8-13-29)22-27-16-18-31(19-17-27)47(51)52/h3-19,22-23,36H,2,20-21,25-26H2,1H3,(H,43,49)(H,44,48)(H,45,50)/b35-22+. The van der Waals surface area contributed by atoms with Crippen LogP contribution in [-0.2, 0) is 29.1 Å². The van der Waals surface area contributed by atoms with Gasteiger partial charge in [0.1, 0.15) is 16.8 Å². The van der Waals surface area contributed by atoms with Gasteiger partial charge >= 0.3 is 0 Å². The van der Waals surface area contributed by atoms with Gasteiger partial charge in [0.2, 0.25) is 5.91 Å². The second-order valence-corrected chi connectivity index (χ2v) is 14.9. The van der Waals surface area contributed by atoms with Crippen molar-refractivity contribution in [3.8, 4) is 6.07 Å². The van der Waals surface area contributed by atoms with Gasteiger partial charge in [-0.1, -0.05) is 61.5 Å². The summed E-state index contributed by atoms with van der Waals surface area (Å²) in [6.45, 7) is 4.27. The van der Waals surface area contributed by atoms with Crippen LogP contribution in [0.15, 0.2) is 120 Å². The van der Waals surface area contributed by atoms with Crippen molar-refractivity contribution < 1.29 is 19.3 Å². The minimum absolute atomic E-state index is 0.0725. The quantitative estimate of drug-likeness (QED) is 0.0472. The Kier molecular flexibility index (Phi) is 12.3. The summed E-state index contributed by atoms with van der Waals surface area (Å²) < 4.78 is 0. The molecule has 0 radical (unpaired) electrons. The molecule has 0 spiro atoms. The number of nitrogens with zero attached hydrogens (tertiary/aromatic N) is 3. The molecular formula is C41H36N6O5S2. The van der Waals surface area contributed by atoms with Gasteiger partial charge in [-0.3, -0.25) is 29.4 Å². The molecule has 5 aromatic rings. The van der Waals surface area contributed by atoms with Crippen molar-refractivity contribution in [3.05, 3.63) is 158 Å². The van der Waals surface area contributed by atoms with Crippen LogP contribution in [0.1, 0.15) is 50.8 Å². The molecule has 272 valence electrons. The first-order chi connectivity index (χ1) is 26.2. The fourth-order valence-corrected chi connectivity index (χ4v) is 8.22. The number of nitro benzene ring substituents is 1. The zero-order valence-corrected chi connectivity index (χ0v) is 30.9. The second kappa shape index (κ2) is 17.6. The fraction of sp³-hybridized carbons (Fsp3) is 0.171. The highest BCUT2D eigenvalue weighted by Crippen LogP contribution is 2.38. The molecule has 1 unspecified atom stereocenters. The third-order valence-electron chi connectivity index (χ3n) is 8.71. The number of rotatable bonds is 13. The number of amides is 3. The van der Waals surface area contributed by atoms with Crippen LogP contribution < -0.4 is 16.0 Å². The van der Waals surface area contributed by atoms with E-state index in [1.165, 1.54) is 59.0 Å². The van der Waals surface area contributed by atoms with Gasteiger partial charge in [-0.2, -0.15) is 5.26 Å². The minimum Gasteiger partial charge on any atom is -0.321 e. The number of benzene rings is 4. The SMILES string of the molecule is CCC(Sc1cccc(NC(=O)/C(=C\c2ccc([N+](=O)[O-])cc2)NC(=O)c2ccccc2)c1)C(=O)Nc1sc2c(c1C#N)CCN(Cc1ccccc1)C2. The first-order valence-electron chi connectivity index (χ1n) is 17.2. The van der Waals surface area contributed by atoms with Crippen LogP contribution in [-0.4, -0.2) is 39.3 Å². The molecular weight excluding hydrogens is 721 g/mol. The second-order valence-electron chi connectivity index (χ2n) is 12.5. The Morgan fingerprint density at radius 2 is 1.70 bits per heavy atom. The number of fused-ring (bicyclic) bond motifs is 1. The number of hydrogen-bond acceptors (Lipinski definition) is 9. The number of thiophene rings is 1. The van der Waals surface area contributed by atoms with Crippen molar-refractivity contribution in [1.29, 1.82) is 5.26 Å². The monoisotopic (exact) mass is 756 g/mol. The number of anilines is 2. The van der Waals surface area contributed by atoms with E-state index in [-0.39, 0.29) is 17.3 Å². The van der Waals surface area contributed by atoms with Gasteiger partial charge in [-0.25, -0.2) is 0 Å². The molecule has 1 aliphatic rings. The maximum Gasteiger partial charge on any atom is 0.272 e. The highest BCUT2D eigenvalue weighted by atomic mass is 32.2. The Labute approximate surface area is 320 Å². The summed E-state index contributed by atoms with van der Waals surface area (Å²) in [7, 11) is 0. The lowest BCUT2D eigenvalue weighted by Crippen LogP contribution is -2.30. The van der Waals surface area contributed by atoms with Crippen LogP contribution in [0, 0.1) is 21.4 Å². The molecule has 13 heteroatoms. The molecule has 0 bridgehead atoms. The third kappa shape index (κ3) is 9.47. The Morgan fingerprint density at radius 3 is 2.39 bits per heavy atom. The predicted octanol–water partition coefficient (Wildman–Crippen LogP) is 8.01. The van der Waals surface area contributed by atoms with Crippen LogP contribution in [0.5, 0.6) is 0 Å². The number of carbonyl (C=O) groups is 3. The Morgan fingerprint density at radius 1 is 0.981 bits per heavy atom. The molecule has 1 aromatic heterocycles. The lowest BCUT2D eigenvalue weighted by Gasteiger charge is -2.26. The van der Waals surface area contributed by atoms with E-state index in [0.717, 1.165) is 34.8 Å². The van der Waals surface area contributed by atoms with Crippen LogP contribution in [0.2, 0.25) is 0 Å². The van der Waals surface area contributed by atoms with E-state index < -0.39 is 22.0 Å². The first kappa shape index (κ1) is 37.7. The van der Waals surface area contributed by atoms with Gasteiger partial charge in [0.05, 0.1) is 15.7 Å². The molecule has 3 amide bonds. The van der Waals surface area contributed by atoms with E-state index in [1.54, 1.807) is 48.5 Å². The van der Waals surface area contributed by atoms with Crippen molar-refractivity contribution in [2.24, 2.45) is 0 Å². The van der Waals surface area contributed by atoms with Crippen molar-refractivity contribution in [2.45, 2.75) is 43.0 Å². The maximum atomic E-state index is 13.6. The molecule has 4 aromatic carbocycles. The lowest BCUT2D eigenvalue weighted by molar-refractivity contribution is -0.384. The largest absolute Gasteiger partial charge is 0.321 e. The Balaban J connectivity index is 1.14. The topological polar surface area (TPSA) is 157 Å². The van der Waals surface area contributed by atoms with E-state index in [2.05, 4.69) is 39.1 Å². The number of nitrogens with one attached hydrogen (secondary N) is 3. The number of non-ortho nitro benzene ring substituents is 1. The summed E-state index contributed by atoms with van der Waals surface area (Å²) in [5.74, 6) is -1.33. The highest BCUT2D eigenvalue weighted by Gasteiger charge is 2.27. The number of carbonyl (C=O) groups excluding carboxylic acids is 3. The van der Waals surface area contributed by atoms with E-state index in [4.69, 9.17) is 0 Å². The van der Waals surface area contributed by atoms with E-state index in [1.807, 2.05) is 31.2 Å². The van der Waals surface area contributed by atoms with Gasteiger partial charge in [-0.05, 0) is 78.1 Å². The van der Waals surface area contributed by atoms with E-state index in [0.29, 0.717) is 40.3 Å². The molecule has 1 atom stereocenters. The third-order valence-corrected chi connectivity index (χ3v) is 11.2. The number of hydrogen-bond donors (Lipinski definition) is 3. The smallest absolute Gasteiger partial charge is 0.272 e. The summed E-state index contributed by atoms with van der Waals surface area (Å²) in [6, 6.07) is 33.7. The predicted molar refractivity (Wildman–Crippen MR) is 212 cm³/mol. The first-order valence-corrected chi connectivity index (χ1v) is 18.9. The van der Waals surface area contributed by atoms with Gasteiger partial charge in [-0.15, -0.1) is 23.1 Å². The molecule has 2 heterocycles. The van der Waals surface area contributed by atoms with Crippen molar-refractivity contribution in [1.82, 2.24) is 10.2 Å². The highest BCUT2D eigenvalue weighted by molar-refractivity contribution is 8.00. The molecule has 11 nitrogen and oxygen atoms in total. The average molecular weight is 757 g/mol. The molecule has 0 saturated heterocycles. The van der Waals surface area contributed by atoms with Gasteiger partial charge < -0.3 is 16.0 Å². The summed E-state index contributed by atoms with van der Waals surface area (Å²) in [5.41, 5.74) is 3.83. The fourth-order valence-electron chi connectivity index (χ4n) is 5.97.